The summed E-state index contributed by atoms with van der Waals surface area (Å²) in [5.74, 6) is 0.338. The molecule has 8 atom stereocenters. The van der Waals surface area contributed by atoms with Gasteiger partial charge in [-0.3, -0.25) is 4.79 Å². The van der Waals surface area contributed by atoms with E-state index >= 15 is 0 Å². The predicted octanol–water partition coefficient (Wildman–Crippen LogP) is -1.29. The summed E-state index contributed by atoms with van der Waals surface area (Å²) in [4.78, 5) is 11.1. The van der Waals surface area contributed by atoms with Gasteiger partial charge in [0.05, 0.1) is 19.3 Å². The Labute approximate surface area is 179 Å². The molecule has 2 heterocycles. The van der Waals surface area contributed by atoms with Crippen LogP contribution in [-0.4, -0.2) is 93.9 Å². The maximum Gasteiger partial charge on any atom is 0.221 e. The highest BCUT2D eigenvalue weighted by Crippen LogP contribution is 2.29. The van der Waals surface area contributed by atoms with Crippen molar-refractivity contribution < 1.29 is 49.3 Å². The second-order valence-electron chi connectivity index (χ2n) is 7.56. The number of nitrogens with one attached hydrogen (secondary N) is 1. The van der Waals surface area contributed by atoms with Crippen molar-refractivity contribution in [2.45, 2.75) is 69.0 Å². The van der Waals surface area contributed by atoms with Gasteiger partial charge in [-0.05, 0) is 30.7 Å². The Bertz CT molecular complexity index is 714. The number of aliphatic hydroxyl groups excluding tert-OH is 5. The molecule has 0 saturated carbocycles. The summed E-state index contributed by atoms with van der Waals surface area (Å²) >= 11 is 0. The van der Waals surface area contributed by atoms with Gasteiger partial charge in [-0.25, -0.2) is 0 Å². The lowest BCUT2D eigenvalue weighted by atomic mass is 9.99. The van der Waals surface area contributed by atoms with Crippen LogP contribution in [0.1, 0.15) is 19.8 Å². The lowest BCUT2D eigenvalue weighted by molar-refractivity contribution is -0.329. The number of hydrogen-bond acceptors (Lipinski definition) is 10. The topological polar surface area (TPSA) is 167 Å². The van der Waals surface area contributed by atoms with Gasteiger partial charge in [-0.15, -0.1) is 0 Å². The Morgan fingerprint density at radius 2 is 1.68 bits per heavy atom. The molecule has 0 aromatic heterocycles. The van der Waals surface area contributed by atoms with E-state index in [2.05, 4.69) is 5.32 Å². The summed E-state index contributed by atoms with van der Waals surface area (Å²) in [6.45, 7) is 0.466. The molecule has 11 heteroatoms. The zero-order valence-corrected chi connectivity index (χ0v) is 17.0. The lowest BCUT2D eigenvalue weighted by Gasteiger charge is -2.43. The van der Waals surface area contributed by atoms with Crippen LogP contribution in [0.4, 0.5) is 5.69 Å². The molecule has 0 unspecified atom stereocenters. The summed E-state index contributed by atoms with van der Waals surface area (Å²) in [5, 5.41) is 51.6. The van der Waals surface area contributed by atoms with Crippen molar-refractivity contribution in [1.82, 2.24) is 0 Å². The van der Waals surface area contributed by atoms with E-state index in [1.165, 1.54) is 6.92 Å². The average molecular weight is 443 g/mol. The monoisotopic (exact) mass is 443 g/mol. The van der Waals surface area contributed by atoms with E-state index in [0.717, 1.165) is 0 Å². The fourth-order valence-electron chi connectivity index (χ4n) is 3.56. The van der Waals surface area contributed by atoms with Crippen molar-refractivity contribution in [3.63, 3.8) is 0 Å². The lowest BCUT2D eigenvalue weighted by Crippen LogP contribution is -2.60. The molecule has 174 valence electrons. The highest BCUT2D eigenvalue weighted by Gasteiger charge is 2.46. The van der Waals surface area contributed by atoms with Crippen molar-refractivity contribution >= 4 is 11.6 Å². The van der Waals surface area contributed by atoms with Crippen LogP contribution in [0.5, 0.6) is 5.75 Å². The molecule has 1 amide bonds. The van der Waals surface area contributed by atoms with Gasteiger partial charge in [0.25, 0.3) is 0 Å². The molecular weight excluding hydrogens is 414 g/mol. The highest BCUT2D eigenvalue weighted by atomic mass is 16.7. The first kappa shape index (κ1) is 23.8. The first-order valence-electron chi connectivity index (χ1n) is 10.1. The Balaban J connectivity index is 1.56. The molecule has 2 saturated heterocycles. The third-order valence-electron chi connectivity index (χ3n) is 5.21. The molecule has 1 aromatic rings. The number of carbonyl (C=O) groups is 1. The number of amides is 1. The fraction of sp³-hybridized carbons (Fsp3) is 0.650. The zero-order valence-electron chi connectivity index (χ0n) is 17.0. The number of aliphatic hydroxyl groups is 5. The SMILES string of the molecule is CC(=O)Nc1ccc(O[C@@H]2CC[C@H](O[C@H]3O[C@H](CO)[C@@H](O)[C@H](O)[C@H]3O)[C@@H](CO)O2)cc1. The predicted molar refractivity (Wildman–Crippen MR) is 105 cm³/mol. The first-order valence-corrected chi connectivity index (χ1v) is 10.1. The minimum atomic E-state index is -1.55. The molecule has 11 nitrogen and oxygen atoms in total. The maximum atomic E-state index is 11.1. The summed E-state index contributed by atoms with van der Waals surface area (Å²) in [7, 11) is 0. The van der Waals surface area contributed by atoms with E-state index in [-0.39, 0.29) is 12.5 Å². The molecule has 0 radical (unpaired) electrons. The minimum absolute atomic E-state index is 0.180. The first-order chi connectivity index (χ1) is 14.8. The van der Waals surface area contributed by atoms with Crippen molar-refractivity contribution in [1.29, 1.82) is 0 Å². The smallest absolute Gasteiger partial charge is 0.221 e. The molecule has 2 fully saturated rings. The van der Waals surface area contributed by atoms with Crippen LogP contribution in [-0.2, 0) is 19.0 Å². The van der Waals surface area contributed by atoms with Gasteiger partial charge < -0.3 is 49.8 Å². The van der Waals surface area contributed by atoms with Gasteiger partial charge in [-0.1, -0.05) is 0 Å². The summed E-state index contributed by atoms with van der Waals surface area (Å²) in [6, 6.07) is 6.74. The summed E-state index contributed by atoms with van der Waals surface area (Å²) < 4.78 is 22.6. The standard InChI is InChI=1S/C20H29NO10/c1-10(24)21-11-2-4-12(5-3-11)28-16-7-6-13(14(8-22)29-16)30-20-19(27)18(26)17(25)15(9-23)31-20/h2-5,13-20,22-23,25-27H,6-9H2,1H3,(H,21,24)/t13-,14+,15+,16-,17+,18-,19+,20-/m0/s1. The molecule has 1 aromatic carbocycles. The number of benzene rings is 1. The van der Waals surface area contributed by atoms with Crippen molar-refractivity contribution in [2.24, 2.45) is 0 Å². The number of hydrogen-bond donors (Lipinski definition) is 6. The third kappa shape index (κ3) is 5.90. The molecule has 2 aliphatic heterocycles. The minimum Gasteiger partial charge on any atom is -0.465 e. The van der Waals surface area contributed by atoms with E-state index in [0.29, 0.717) is 24.3 Å². The van der Waals surface area contributed by atoms with Gasteiger partial charge in [0.1, 0.15) is 36.3 Å². The Morgan fingerprint density at radius 3 is 2.29 bits per heavy atom. The number of ether oxygens (including phenoxy) is 4. The second kappa shape index (κ2) is 10.7. The fourth-order valence-corrected chi connectivity index (χ4v) is 3.56. The molecular formula is C20H29NO10. The van der Waals surface area contributed by atoms with Crippen LogP contribution >= 0.6 is 0 Å². The molecule has 0 aliphatic carbocycles. The van der Waals surface area contributed by atoms with Gasteiger partial charge in [0.2, 0.25) is 5.91 Å². The van der Waals surface area contributed by atoms with Crippen molar-refractivity contribution in [3.8, 4) is 5.75 Å². The van der Waals surface area contributed by atoms with Crippen LogP contribution in [0.25, 0.3) is 0 Å². The van der Waals surface area contributed by atoms with E-state index in [1.807, 2.05) is 0 Å². The van der Waals surface area contributed by atoms with Crippen LogP contribution in [0.15, 0.2) is 24.3 Å². The second-order valence-corrected chi connectivity index (χ2v) is 7.56. The molecule has 3 rings (SSSR count). The van der Waals surface area contributed by atoms with Gasteiger partial charge >= 0.3 is 0 Å². The summed E-state index contributed by atoms with van der Waals surface area (Å²) in [5.41, 5.74) is 0.630. The van der Waals surface area contributed by atoms with Crippen LogP contribution < -0.4 is 10.1 Å². The molecule has 0 bridgehead atoms. The average Bonchev–Trinajstić information content (AvgIpc) is 2.76. The van der Waals surface area contributed by atoms with Gasteiger partial charge in [-0.2, -0.15) is 0 Å². The zero-order chi connectivity index (χ0) is 22.5. The largest absolute Gasteiger partial charge is 0.465 e. The van der Waals surface area contributed by atoms with Crippen molar-refractivity contribution in [3.05, 3.63) is 24.3 Å². The highest BCUT2D eigenvalue weighted by molar-refractivity contribution is 5.88. The maximum absolute atomic E-state index is 11.1. The van der Waals surface area contributed by atoms with Gasteiger partial charge in [0.15, 0.2) is 12.6 Å². The van der Waals surface area contributed by atoms with Crippen LogP contribution in [0, 0.1) is 0 Å². The Kier molecular flexibility index (Phi) is 8.19. The van der Waals surface area contributed by atoms with E-state index in [9.17, 15) is 30.3 Å². The number of rotatable bonds is 7. The molecule has 0 spiro atoms. The van der Waals surface area contributed by atoms with Gasteiger partial charge in [0, 0.05) is 19.0 Å². The quantitative estimate of drug-likeness (QED) is 0.298. The molecule has 2 aliphatic rings. The molecule has 31 heavy (non-hydrogen) atoms. The Morgan fingerprint density at radius 1 is 1.00 bits per heavy atom. The number of carbonyl (C=O) groups excluding carboxylic acids is 1. The molecule has 6 N–H and O–H groups in total. The van der Waals surface area contributed by atoms with E-state index in [4.69, 9.17) is 18.9 Å². The normalized spacial score (nSPS) is 36.1. The summed E-state index contributed by atoms with van der Waals surface area (Å²) in [6.07, 6.45) is -8.27. The number of anilines is 1. The third-order valence-corrected chi connectivity index (χ3v) is 5.21. The van der Waals surface area contributed by atoms with Crippen molar-refractivity contribution in [2.75, 3.05) is 18.5 Å². The van der Waals surface area contributed by atoms with Crippen LogP contribution in [0.3, 0.4) is 0 Å². The van der Waals surface area contributed by atoms with E-state index in [1.54, 1.807) is 24.3 Å². The Hall–Kier alpha value is -1.83. The van der Waals surface area contributed by atoms with E-state index < -0.39 is 55.8 Å². The van der Waals surface area contributed by atoms with Crippen LogP contribution in [0.2, 0.25) is 0 Å².